The van der Waals surface area contributed by atoms with Crippen molar-refractivity contribution >= 4 is 5.71 Å². The summed E-state index contributed by atoms with van der Waals surface area (Å²) in [5.41, 5.74) is 1.27. The first-order valence-corrected chi connectivity index (χ1v) is 6.94. The van der Waals surface area contributed by atoms with E-state index in [9.17, 15) is 5.21 Å². The molecular weight excluding hydrogens is 214 g/mol. The van der Waals surface area contributed by atoms with Crippen LogP contribution in [0.25, 0.3) is 0 Å². The zero-order valence-corrected chi connectivity index (χ0v) is 10.7. The molecule has 0 radical (unpaired) electrons. The molecule has 2 unspecified atom stereocenters. The smallest absolute Gasteiger partial charge is 0.0714 e. The molecule has 4 heteroatoms. The predicted molar refractivity (Wildman–Crippen MR) is 67.5 cm³/mol. The van der Waals surface area contributed by atoms with Gasteiger partial charge in [0.25, 0.3) is 0 Å². The number of nitrogens with zero attached hydrogens (tertiary/aromatic N) is 3. The molecule has 0 aromatic heterocycles. The Bertz CT molecular complexity index is 313. The van der Waals surface area contributed by atoms with Crippen LogP contribution >= 0.6 is 0 Å². The zero-order valence-electron chi connectivity index (χ0n) is 10.7. The van der Waals surface area contributed by atoms with Crippen molar-refractivity contribution in [2.75, 3.05) is 39.3 Å². The highest BCUT2D eigenvalue weighted by molar-refractivity contribution is 5.94. The summed E-state index contributed by atoms with van der Waals surface area (Å²) in [5.74, 6) is 0.474. The fourth-order valence-corrected chi connectivity index (χ4v) is 4.10. The van der Waals surface area contributed by atoms with Gasteiger partial charge in [-0.2, -0.15) is 0 Å². The average molecular weight is 237 g/mol. The fourth-order valence-electron chi connectivity index (χ4n) is 4.10. The number of hydrogen-bond acceptors (Lipinski definition) is 4. The van der Waals surface area contributed by atoms with Crippen molar-refractivity contribution in [2.24, 2.45) is 16.5 Å². The van der Waals surface area contributed by atoms with E-state index in [2.05, 4.69) is 21.9 Å². The Morgan fingerprint density at radius 2 is 1.94 bits per heavy atom. The van der Waals surface area contributed by atoms with Gasteiger partial charge in [-0.1, -0.05) is 24.9 Å². The SMILES string of the molecule is CCCCC12CN3CCN(CC(C3)C1=NO)C2. The van der Waals surface area contributed by atoms with E-state index in [1.165, 1.54) is 32.4 Å². The van der Waals surface area contributed by atoms with Gasteiger partial charge in [-0.3, -0.25) is 0 Å². The van der Waals surface area contributed by atoms with Crippen LogP contribution in [0, 0.1) is 11.3 Å². The highest BCUT2D eigenvalue weighted by Gasteiger charge is 2.51. The van der Waals surface area contributed by atoms with Crippen LogP contribution in [0.1, 0.15) is 26.2 Å². The zero-order chi connectivity index (χ0) is 11.9. The molecule has 4 heterocycles. The summed E-state index contributed by atoms with van der Waals surface area (Å²) in [5, 5.41) is 13.1. The third-order valence-corrected chi connectivity index (χ3v) is 4.79. The van der Waals surface area contributed by atoms with Crippen LogP contribution < -0.4 is 0 Å². The first kappa shape index (κ1) is 11.5. The summed E-state index contributed by atoms with van der Waals surface area (Å²) >= 11 is 0. The molecule has 0 aromatic rings. The van der Waals surface area contributed by atoms with Gasteiger partial charge in [0.2, 0.25) is 0 Å². The van der Waals surface area contributed by atoms with Crippen molar-refractivity contribution in [2.45, 2.75) is 26.2 Å². The van der Waals surface area contributed by atoms with Crippen LogP contribution in [0.4, 0.5) is 0 Å². The van der Waals surface area contributed by atoms with Crippen molar-refractivity contribution in [1.82, 2.24) is 9.80 Å². The van der Waals surface area contributed by atoms with Crippen LogP contribution in [0.2, 0.25) is 0 Å². The van der Waals surface area contributed by atoms with Crippen LogP contribution in [0.15, 0.2) is 5.16 Å². The van der Waals surface area contributed by atoms with E-state index in [1.54, 1.807) is 0 Å². The van der Waals surface area contributed by atoms with Crippen molar-refractivity contribution in [3.05, 3.63) is 0 Å². The van der Waals surface area contributed by atoms with E-state index >= 15 is 0 Å². The number of fused-ring (bicyclic) bond motifs is 1. The van der Waals surface area contributed by atoms with Gasteiger partial charge in [0.1, 0.15) is 0 Å². The van der Waals surface area contributed by atoms with Crippen LogP contribution in [-0.2, 0) is 0 Å². The molecule has 0 aromatic carbocycles. The Hall–Kier alpha value is -0.610. The van der Waals surface area contributed by atoms with Gasteiger partial charge in [0.15, 0.2) is 0 Å². The molecule has 4 bridgehead atoms. The van der Waals surface area contributed by atoms with Gasteiger partial charge in [0, 0.05) is 50.6 Å². The summed E-state index contributed by atoms with van der Waals surface area (Å²) in [4.78, 5) is 5.17. The number of piperidine rings is 2. The molecule has 4 aliphatic heterocycles. The molecule has 17 heavy (non-hydrogen) atoms. The molecule has 4 aliphatic rings. The second kappa shape index (κ2) is 4.25. The molecule has 96 valence electrons. The van der Waals surface area contributed by atoms with Gasteiger partial charge >= 0.3 is 0 Å². The summed E-state index contributed by atoms with van der Waals surface area (Å²) in [6.45, 7) is 9.06. The summed E-state index contributed by atoms with van der Waals surface area (Å²) in [6, 6.07) is 0. The normalized spacial score (nSPS) is 46.4. The Balaban J connectivity index is 1.92. The first-order valence-electron chi connectivity index (χ1n) is 6.94. The van der Waals surface area contributed by atoms with Crippen molar-refractivity contribution in [3.63, 3.8) is 0 Å². The molecule has 4 nitrogen and oxygen atoms in total. The second-order valence-electron chi connectivity index (χ2n) is 6.04. The summed E-state index contributed by atoms with van der Waals surface area (Å²) < 4.78 is 0. The Morgan fingerprint density at radius 1 is 1.29 bits per heavy atom. The van der Waals surface area contributed by atoms with Gasteiger partial charge in [-0.05, 0) is 6.42 Å². The van der Waals surface area contributed by atoms with E-state index in [0.717, 1.165) is 31.9 Å². The molecule has 1 N–H and O–H groups in total. The Morgan fingerprint density at radius 3 is 2.47 bits per heavy atom. The molecule has 0 amide bonds. The molecule has 0 aliphatic carbocycles. The number of unbranched alkanes of at least 4 members (excludes halogenated alkanes) is 1. The van der Waals surface area contributed by atoms with Gasteiger partial charge in [-0.25, -0.2) is 0 Å². The van der Waals surface area contributed by atoms with E-state index < -0.39 is 0 Å². The summed E-state index contributed by atoms with van der Waals surface area (Å²) in [7, 11) is 0. The molecule has 4 saturated heterocycles. The second-order valence-corrected chi connectivity index (χ2v) is 6.04. The lowest BCUT2D eigenvalue weighted by Gasteiger charge is -2.50. The number of oxime groups is 1. The topological polar surface area (TPSA) is 39.1 Å². The number of hydrogen-bond donors (Lipinski definition) is 1. The highest BCUT2D eigenvalue weighted by atomic mass is 16.4. The van der Waals surface area contributed by atoms with Gasteiger partial charge in [-0.15, -0.1) is 0 Å². The minimum Gasteiger partial charge on any atom is -0.411 e. The largest absolute Gasteiger partial charge is 0.411 e. The van der Waals surface area contributed by atoms with E-state index in [0.29, 0.717) is 5.92 Å². The standard InChI is InChI=1S/C13H23N3O/c1-2-3-4-13-9-15-5-6-16(10-13)8-11(7-15)12(13)14-17/h11,17H,2-10H2,1H3. The van der Waals surface area contributed by atoms with E-state index in [-0.39, 0.29) is 5.41 Å². The van der Waals surface area contributed by atoms with Crippen LogP contribution in [-0.4, -0.2) is 60.0 Å². The molecule has 0 saturated carbocycles. The monoisotopic (exact) mass is 237 g/mol. The summed E-state index contributed by atoms with van der Waals surface area (Å²) in [6.07, 6.45) is 3.66. The van der Waals surface area contributed by atoms with Crippen LogP contribution in [0.5, 0.6) is 0 Å². The number of rotatable bonds is 3. The van der Waals surface area contributed by atoms with Gasteiger partial charge in [0.05, 0.1) is 5.71 Å². The third kappa shape index (κ3) is 1.78. The first-order chi connectivity index (χ1) is 8.27. The van der Waals surface area contributed by atoms with E-state index in [1.807, 2.05) is 0 Å². The maximum absolute atomic E-state index is 9.41. The molecule has 2 atom stereocenters. The molecule has 4 rings (SSSR count). The van der Waals surface area contributed by atoms with Crippen molar-refractivity contribution in [1.29, 1.82) is 0 Å². The van der Waals surface area contributed by atoms with E-state index in [4.69, 9.17) is 0 Å². The lowest BCUT2D eigenvalue weighted by Crippen LogP contribution is -2.61. The average Bonchev–Trinajstić information content (AvgIpc) is 2.55. The minimum absolute atomic E-state index is 0.155. The fraction of sp³-hybridized carbons (Fsp3) is 0.923. The maximum atomic E-state index is 9.41. The predicted octanol–water partition coefficient (Wildman–Crippen LogP) is 1.25. The van der Waals surface area contributed by atoms with Crippen LogP contribution in [0.3, 0.4) is 0 Å². The maximum Gasteiger partial charge on any atom is 0.0714 e. The van der Waals surface area contributed by atoms with Crippen molar-refractivity contribution < 1.29 is 5.21 Å². The Labute approximate surface area is 103 Å². The molecule has 4 fully saturated rings. The third-order valence-electron chi connectivity index (χ3n) is 4.79. The molecular formula is C13H23N3O. The quantitative estimate of drug-likeness (QED) is 0.593. The molecule has 0 spiro atoms. The highest BCUT2D eigenvalue weighted by Crippen LogP contribution is 2.41. The lowest BCUT2D eigenvalue weighted by atomic mass is 9.68. The van der Waals surface area contributed by atoms with Gasteiger partial charge < -0.3 is 15.0 Å². The Kier molecular flexibility index (Phi) is 2.87. The lowest BCUT2D eigenvalue weighted by molar-refractivity contribution is 0.102. The minimum atomic E-state index is 0.155. The van der Waals surface area contributed by atoms with Crippen molar-refractivity contribution in [3.8, 4) is 0 Å².